The number of hydrogen-bond donors (Lipinski definition) is 3. The van der Waals surface area contributed by atoms with E-state index in [1.54, 1.807) is 24.3 Å². The molecule has 0 aromatic heterocycles. The van der Waals surface area contributed by atoms with Crippen molar-refractivity contribution in [3.05, 3.63) is 60.2 Å². The zero-order valence-electron chi connectivity index (χ0n) is 10.9. The Labute approximate surface area is 119 Å². The van der Waals surface area contributed by atoms with E-state index in [1.807, 2.05) is 6.07 Å². The van der Waals surface area contributed by atoms with Gasteiger partial charge in [0.25, 0.3) is 0 Å². The Kier molecular flexibility index (Phi) is 4.32. The summed E-state index contributed by atoms with van der Waals surface area (Å²) in [7, 11) is 0. The average Bonchev–Trinajstić information content (AvgIpc) is 2.46. The second-order valence-electron chi connectivity index (χ2n) is 4.16. The van der Waals surface area contributed by atoms with E-state index in [2.05, 4.69) is 15.8 Å². The van der Waals surface area contributed by atoms with E-state index < -0.39 is 11.7 Å². The number of anilines is 1. The maximum atomic E-state index is 12.6. The second kappa shape index (κ2) is 6.17. The Morgan fingerprint density at radius 2 is 1.71 bits per heavy atom. The number of hydrogen-bond acceptors (Lipinski definition) is 2. The molecule has 2 aromatic carbocycles. The molecule has 21 heavy (non-hydrogen) atoms. The molecule has 2 aromatic rings. The van der Waals surface area contributed by atoms with Crippen molar-refractivity contribution in [3.63, 3.8) is 0 Å². The maximum Gasteiger partial charge on any atom is 0.416 e. The molecule has 2 rings (SSSR count). The van der Waals surface area contributed by atoms with Gasteiger partial charge in [0.2, 0.25) is 5.96 Å². The van der Waals surface area contributed by atoms with Crippen LogP contribution >= 0.6 is 0 Å². The number of rotatable bonds is 3. The largest absolute Gasteiger partial charge is 0.416 e. The number of alkyl halides is 3. The lowest BCUT2D eigenvalue weighted by Gasteiger charge is -2.11. The molecule has 7 heteroatoms. The summed E-state index contributed by atoms with van der Waals surface area (Å²) in [4.78, 5) is 4.04. The van der Waals surface area contributed by atoms with Crippen molar-refractivity contribution in [2.24, 2.45) is 10.7 Å². The number of guanidine groups is 1. The first-order valence-electron chi connectivity index (χ1n) is 6.03. The fourth-order valence-electron chi connectivity index (χ4n) is 1.58. The highest BCUT2D eigenvalue weighted by atomic mass is 19.4. The molecule has 0 radical (unpaired) electrons. The highest BCUT2D eigenvalue weighted by Crippen LogP contribution is 2.30. The van der Waals surface area contributed by atoms with Crippen LogP contribution in [0.1, 0.15) is 5.56 Å². The van der Waals surface area contributed by atoms with Crippen LogP contribution in [-0.2, 0) is 6.18 Å². The number of nitrogens with zero attached hydrogens (tertiary/aromatic N) is 1. The van der Waals surface area contributed by atoms with Gasteiger partial charge in [-0.3, -0.25) is 10.9 Å². The second-order valence-corrected chi connectivity index (χ2v) is 4.16. The minimum atomic E-state index is -4.39. The van der Waals surface area contributed by atoms with E-state index in [0.29, 0.717) is 5.69 Å². The first-order valence-corrected chi connectivity index (χ1v) is 6.03. The SMILES string of the molecule is NC(=Nc1ccccc1)NNc1cccc(C(F)(F)F)c1. The van der Waals surface area contributed by atoms with E-state index in [4.69, 9.17) is 5.73 Å². The molecule has 0 aliphatic heterocycles. The van der Waals surface area contributed by atoms with E-state index >= 15 is 0 Å². The number of hydrazine groups is 1. The molecule has 0 atom stereocenters. The summed E-state index contributed by atoms with van der Waals surface area (Å²) in [5.74, 6) is 0.0404. The zero-order valence-corrected chi connectivity index (χ0v) is 10.9. The summed E-state index contributed by atoms with van der Waals surface area (Å²) in [6.07, 6.45) is -4.39. The fourth-order valence-corrected chi connectivity index (χ4v) is 1.58. The Hall–Kier alpha value is -2.70. The molecule has 0 spiro atoms. The minimum absolute atomic E-state index is 0.0404. The molecule has 0 fully saturated rings. The van der Waals surface area contributed by atoms with Gasteiger partial charge in [0, 0.05) is 0 Å². The van der Waals surface area contributed by atoms with Gasteiger partial charge in [0.15, 0.2) is 0 Å². The zero-order chi connectivity index (χ0) is 15.3. The van der Waals surface area contributed by atoms with Crippen LogP contribution in [0.5, 0.6) is 0 Å². The lowest BCUT2D eigenvalue weighted by molar-refractivity contribution is -0.137. The van der Waals surface area contributed by atoms with Crippen LogP contribution in [0.25, 0.3) is 0 Å². The highest BCUT2D eigenvalue weighted by Gasteiger charge is 2.30. The van der Waals surface area contributed by atoms with Crippen molar-refractivity contribution < 1.29 is 13.2 Å². The van der Waals surface area contributed by atoms with E-state index in [9.17, 15) is 13.2 Å². The molecule has 0 saturated carbocycles. The van der Waals surface area contributed by atoms with Crippen LogP contribution < -0.4 is 16.6 Å². The van der Waals surface area contributed by atoms with Crippen molar-refractivity contribution in [1.29, 1.82) is 0 Å². The van der Waals surface area contributed by atoms with Gasteiger partial charge in [0.1, 0.15) is 0 Å². The van der Waals surface area contributed by atoms with Gasteiger partial charge < -0.3 is 5.73 Å². The Morgan fingerprint density at radius 3 is 2.38 bits per heavy atom. The van der Waals surface area contributed by atoms with Gasteiger partial charge in [0.05, 0.1) is 16.9 Å². The number of halogens is 3. The highest BCUT2D eigenvalue weighted by molar-refractivity contribution is 5.82. The van der Waals surface area contributed by atoms with Crippen molar-refractivity contribution in [2.45, 2.75) is 6.18 Å². The molecule has 0 unspecified atom stereocenters. The van der Waals surface area contributed by atoms with Crippen LogP contribution in [0.15, 0.2) is 59.6 Å². The van der Waals surface area contributed by atoms with Crippen LogP contribution in [0.2, 0.25) is 0 Å². The first kappa shape index (κ1) is 14.7. The molecule has 0 bridgehead atoms. The third-order valence-corrected chi connectivity index (χ3v) is 2.53. The molecular weight excluding hydrogens is 281 g/mol. The predicted octanol–water partition coefficient (Wildman–Crippen LogP) is 3.27. The van der Waals surface area contributed by atoms with Gasteiger partial charge in [-0.05, 0) is 30.3 Å². The standard InChI is InChI=1S/C14H13F3N4/c15-14(16,17)10-5-4-8-12(9-10)20-21-13(18)19-11-6-2-1-3-7-11/h1-9,20H,(H3,18,19,21). The maximum absolute atomic E-state index is 12.6. The van der Waals surface area contributed by atoms with Crippen molar-refractivity contribution in [1.82, 2.24) is 5.43 Å². The molecule has 0 heterocycles. The summed E-state index contributed by atoms with van der Waals surface area (Å²) in [6.45, 7) is 0. The monoisotopic (exact) mass is 294 g/mol. The molecule has 4 N–H and O–H groups in total. The topological polar surface area (TPSA) is 62.4 Å². The smallest absolute Gasteiger partial charge is 0.368 e. The summed E-state index contributed by atoms with van der Waals surface area (Å²) < 4.78 is 37.7. The van der Waals surface area contributed by atoms with Crippen molar-refractivity contribution in [3.8, 4) is 0 Å². The predicted molar refractivity (Wildman–Crippen MR) is 75.9 cm³/mol. The molecule has 0 aliphatic rings. The normalized spacial score (nSPS) is 12.0. The van der Waals surface area contributed by atoms with E-state index in [-0.39, 0.29) is 11.6 Å². The molecule has 0 aliphatic carbocycles. The van der Waals surface area contributed by atoms with E-state index in [1.165, 1.54) is 12.1 Å². The third kappa shape index (κ3) is 4.41. The van der Waals surface area contributed by atoms with Crippen molar-refractivity contribution in [2.75, 3.05) is 5.43 Å². The summed E-state index contributed by atoms with van der Waals surface area (Å²) in [5, 5.41) is 0. The number of para-hydroxylation sites is 1. The molecule has 0 saturated heterocycles. The molecule has 0 amide bonds. The summed E-state index contributed by atoms with van der Waals surface area (Å²) >= 11 is 0. The van der Waals surface area contributed by atoms with Gasteiger partial charge in [-0.25, -0.2) is 4.99 Å². The van der Waals surface area contributed by atoms with E-state index in [0.717, 1.165) is 12.1 Å². The lowest BCUT2D eigenvalue weighted by atomic mass is 10.2. The number of benzene rings is 2. The third-order valence-electron chi connectivity index (χ3n) is 2.53. The van der Waals surface area contributed by atoms with Crippen LogP contribution in [0, 0.1) is 0 Å². The molecule has 110 valence electrons. The average molecular weight is 294 g/mol. The minimum Gasteiger partial charge on any atom is -0.368 e. The van der Waals surface area contributed by atoms with Gasteiger partial charge in [-0.15, -0.1) is 0 Å². The number of nitrogens with two attached hydrogens (primary N) is 1. The van der Waals surface area contributed by atoms with Gasteiger partial charge >= 0.3 is 6.18 Å². The molecule has 4 nitrogen and oxygen atoms in total. The first-order chi connectivity index (χ1) is 9.95. The Balaban J connectivity index is 2.02. The lowest BCUT2D eigenvalue weighted by Crippen LogP contribution is -2.35. The fraction of sp³-hybridized carbons (Fsp3) is 0.0714. The summed E-state index contributed by atoms with van der Waals surface area (Å²) in [6, 6.07) is 13.7. The van der Waals surface area contributed by atoms with Crippen molar-refractivity contribution >= 4 is 17.3 Å². The quantitative estimate of drug-likeness (QED) is 0.462. The number of aliphatic imine (C=N–C) groups is 1. The van der Waals surface area contributed by atoms with Gasteiger partial charge in [-0.1, -0.05) is 24.3 Å². The Morgan fingerprint density at radius 1 is 1.00 bits per heavy atom. The van der Waals surface area contributed by atoms with Crippen LogP contribution in [0.3, 0.4) is 0 Å². The number of nitrogens with one attached hydrogen (secondary N) is 2. The van der Waals surface area contributed by atoms with Gasteiger partial charge in [-0.2, -0.15) is 13.2 Å². The van der Waals surface area contributed by atoms with Crippen LogP contribution in [0.4, 0.5) is 24.5 Å². The summed E-state index contributed by atoms with van der Waals surface area (Å²) in [5.41, 5.74) is 10.9. The Bertz CT molecular complexity index is 624. The molecular formula is C14H13F3N4. The van der Waals surface area contributed by atoms with Crippen LogP contribution in [-0.4, -0.2) is 5.96 Å².